The smallest absolute Gasteiger partial charge is 0.279 e. The number of sulfonamides is 1. The van der Waals surface area contributed by atoms with Crippen LogP contribution in [0.4, 0.5) is 0 Å². The third kappa shape index (κ3) is 3.24. The molecule has 0 aromatic heterocycles. The first-order valence-corrected chi connectivity index (χ1v) is 7.54. The molecule has 2 heterocycles. The van der Waals surface area contributed by atoms with Gasteiger partial charge in [-0.2, -0.15) is 24.6 Å². The van der Waals surface area contributed by atoms with Crippen molar-refractivity contribution < 1.29 is 13.2 Å². The van der Waals surface area contributed by atoms with E-state index < -0.39 is 10.0 Å². The fourth-order valence-electron chi connectivity index (χ4n) is 1.56. The van der Waals surface area contributed by atoms with E-state index in [2.05, 4.69) is 4.40 Å². The van der Waals surface area contributed by atoms with E-state index in [0.29, 0.717) is 18.3 Å². The summed E-state index contributed by atoms with van der Waals surface area (Å²) in [5.41, 5.74) is 0. The molecule has 15 heavy (non-hydrogen) atoms. The Labute approximate surface area is 93.9 Å². The van der Waals surface area contributed by atoms with Crippen LogP contribution >= 0.6 is 11.8 Å². The molecule has 0 amide bonds. The molecule has 1 unspecified atom stereocenters. The monoisotopic (exact) mass is 247 g/mol. The van der Waals surface area contributed by atoms with E-state index >= 15 is 0 Å². The summed E-state index contributed by atoms with van der Waals surface area (Å²) in [5, 5.41) is 1.07. The number of nitrogens with zero attached hydrogens (tertiary/aromatic N) is 1. The van der Waals surface area contributed by atoms with Gasteiger partial charge in [0, 0.05) is 5.92 Å². The van der Waals surface area contributed by atoms with Crippen molar-refractivity contribution in [1.29, 1.82) is 0 Å². The lowest BCUT2D eigenvalue weighted by Gasteiger charge is -2.20. The van der Waals surface area contributed by atoms with Gasteiger partial charge in [0.05, 0.1) is 18.2 Å². The summed E-state index contributed by atoms with van der Waals surface area (Å²) in [4.78, 5) is 0. The van der Waals surface area contributed by atoms with Crippen LogP contribution in [-0.4, -0.2) is 32.7 Å². The van der Waals surface area contributed by atoms with Gasteiger partial charge in [0.2, 0.25) is 0 Å². The van der Waals surface area contributed by atoms with Gasteiger partial charge in [-0.05, 0) is 24.3 Å². The first kappa shape index (κ1) is 11.0. The molecule has 0 aromatic rings. The SMILES string of the molecule is O=S1(=O)C=C(OCC2CCCSC2)C=N1. The van der Waals surface area contributed by atoms with Crippen molar-refractivity contribution in [3.63, 3.8) is 0 Å². The second kappa shape index (κ2) is 4.57. The normalized spacial score (nSPS) is 28.8. The number of rotatable bonds is 3. The number of ether oxygens (including phenoxy) is 1. The van der Waals surface area contributed by atoms with Crippen LogP contribution in [0.2, 0.25) is 0 Å². The van der Waals surface area contributed by atoms with Crippen molar-refractivity contribution in [1.82, 2.24) is 0 Å². The minimum atomic E-state index is -3.37. The maximum Gasteiger partial charge on any atom is 0.279 e. The van der Waals surface area contributed by atoms with E-state index in [9.17, 15) is 8.42 Å². The van der Waals surface area contributed by atoms with Crippen LogP contribution in [-0.2, 0) is 14.8 Å². The second-order valence-corrected chi connectivity index (χ2v) is 6.29. The summed E-state index contributed by atoms with van der Waals surface area (Å²) in [6.07, 6.45) is 3.67. The fraction of sp³-hybridized carbons (Fsp3) is 0.667. The molecule has 0 bridgehead atoms. The van der Waals surface area contributed by atoms with Crippen LogP contribution in [0.15, 0.2) is 15.6 Å². The van der Waals surface area contributed by atoms with Gasteiger partial charge in [-0.1, -0.05) is 0 Å². The largest absolute Gasteiger partial charge is 0.491 e. The molecule has 2 aliphatic heterocycles. The van der Waals surface area contributed by atoms with Crippen molar-refractivity contribution in [2.75, 3.05) is 18.1 Å². The molecule has 2 rings (SSSR count). The Kier molecular flexibility index (Phi) is 3.35. The summed E-state index contributed by atoms with van der Waals surface area (Å²) in [6.45, 7) is 0.598. The molecule has 6 heteroatoms. The third-order valence-electron chi connectivity index (χ3n) is 2.33. The molecule has 0 aliphatic carbocycles. The molecular weight excluding hydrogens is 234 g/mol. The van der Waals surface area contributed by atoms with Gasteiger partial charge < -0.3 is 4.74 Å². The Hall–Kier alpha value is -0.490. The predicted octanol–water partition coefficient (Wildman–Crippen LogP) is 1.40. The lowest BCUT2D eigenvalue weighted by molar-refractivity contribution is 0.185. The number of hydrogen-bond acceptors (Lipinski definition) is 4. The topological polar surface area (TPSA) is 55.7 Å². The zero-order chi connectivity index (χ0) is 10.7. The van der Waals surface area contributed by atoms with Crippen LogP contribution in [0.5, 0.6) is 0 Å². The summed E-state index contributed by atoms with van der Waals surface area (Å²) in [6, 6.07) is 0. The Bertz CT molecular complexity index is 380. The maximum absolute atomic E-state index is 10.9. The Morgan fingerprint density at radius 2 is 2.47 bits per heavy atom. The average molecular weight is 247 g/mol. The lowest BCUT2D eigenvalue weighted by Crippen LogP contribution is -2.16. The lowest BCUT2D eigenvalue weighted by atomic mass is 10.1. The van der Waals surface area contributed by atoms with Crippen molar-refractivity contribution in [3.05, 3.63) is 11.2 Å². The van der Waals surface area contributed by atoms with E-state index in [-0.39, 0.29) is 0 Å². The molecule has 4 nitrogen and oxygen atoms in total. The molecule has 1 fully saturated rings. The number of thioether (sulfide) groups is 1. The Morgan fingerprint density at radius 1 is 1.60 bits per heavy atom. The van der Waals surface area contributed by atoms with Crippen LogP contribution in [0.25, 0.3) is 0 Å². The van der Waals surface area contributed by atoms with E-state index in [4.69, 9.17) is 4.74 Å². The third-order valence-corrected chi connectivity index (χ3v) is 4.55. The van der Waals surface area contributed by atoms with Gasteiger partial charge in [0.1, 0.15) is 0 Å². The van der Waals surface area contributed by atoms with Crippen molar-refractivity contribution in [2.24, 2.45) is 10.3 Å². The first-order valence-electron chi connectivity index (χ1n) is 4.88. The first-order chi connectivity index (χ1) is 7.16. The standard InChI is InChI=1S/C9H13NO3S2/c11-15(12)7-9(4-10-15)13-5-8-2-1-3-14-6-8/h4,7-8H,1-3,5-6H2. The van der Waals surface area contributed by atoms with Gasteiger partial charge in [-0.15, -0.1) is 0 Å². The molecule has 0 radical (unpaired) electrons. The van der Waals surface area contributed by atoms with Crippen LogP contribution < -0.4 is 0 Å². The van der Waals surface area contributed by atoms with Gasteiger partial charge in [0.25, 0.3) is 10.0 Å². The van der Waals surface area contributed by atoms with Crippen LogP contribution in [0.3, 0.4) is 0 Å². The van der Waals surface area contributed by atoms with Crippen molar-refractivity contribution in [2.45, 2.75) is 12.8 Å². The van der Waals surface area contributed by atoms with Gasteiger partial charge in [0.15, 0.2) is 5.76 Å². The highest BCUT2D eigenvalue weighted by Gasteiger charge is 2.17. The van der Waals surface area contributed by atoms with E-state index in [0.717, 1.165) is 11.2 Å². The Morgan fingerprint density at radius 3 is 3.07 bits per heavy atom. The van der Waals surface area contributed by atoms with E-state index in [1.165, 1.54) is 24.8 Å². The number of allylic oxidation sites excluding steroid dienone is 1. The van der Waals surface area contributed by atoms with E-state index in [1.54, 1.807) is 0 Å². The van der Waals surface area contributed by atoms with Gasteiger partial charge in [-0.25, -0.2) is 0 Å². The highest BCUT2D eigenvalue weighted by molar-refractivity contribution is 7.99. The summed E-state index contributed by atoms with van der Waals surface area (Å²) >= 11 is 1.93. The molecule has 1 saturated heterocycles. The Balaban J connectivity index is 1.81. The molecule has 0 N–H and O–H groups in total. The summed E-state index contributed by atoms with van der Waals surface area (Å²) in [5.74, 6) is 3.25. The highest BCUT2D eigenvalue weighted by Crippen LogP contribution is 2.23. The quantitative estimate of drug-likeness (QED) is 0.756. The molecule has 0 saturated carbocycles. The van der Waals surface area contributed by atoms with Crippen molar-refractivity contribution in [3.8, 4) is 0 Å². The zero-order valence-corrected chi connectivity index (χ0v) is 9.89. The summed E-state index contributed by atoms with van der Waals surface area (Å²) in [7, 11) is -3.37. The van der Waals surface area contributed by atoms with Gasteiger partial charge in [-0.3, -0.25) is 0 Å². The summed E-state index contributed by atoms with van der Waals surface area (Å²) < 4.78 is 30.6. The van der Waals surface area contributed by atoms with Gasteiger partial charge >= 0.3 is 0 Å². The second-order valence-electron chi connectivity index (χ2n) is 3.66. The van der Waals surface area contributed by atoms with Crippen LogP contribution in [0.1, 0.15) is 12.8 Å². The molecule has 1 atom stereocenters. The van der Waals surface area contributed by atoms with Crippen molar-refractivity contribution >= 4 is 28.0 Å². The minimum Gasteiger partial charge on any atom is -0.491 e. The molecular formula is C9H13NO3S2. The average Bonchev–Trinajstić information content (AvgIpc) is 2.57. The predicted molar refractivity (Wildman–Crippen MR) is 61.5 cm³/mol. The molecule has 2 aliphatic rings. The molecule has 84 valence electrons. The maximum atomic E-state index is 10.9. The molecule has 0 aromatic carbocycles. The highest BCUT2D eigenvalue weighted by atomic mass is 32.2. The van der Waals surface area contributed by atoms with E-state index in [1.807, 2.05) is 11.8 Å². The zero-order valence-electron chi connectivity index (χ0n) is 8.26. The fourth-order valence-corrected chi connectivity index (χ4v) is 3.43. The number of hydrogen-bond donors (Lipinski definition) is 0. The van der Waals surface area contributed by atoms with Crippen LogP contribution in [0, 0.1) is 5.92 Å². The minimum absolute atomic E-state index is 0.366. The molecule has 0 spiro atoms.